The molecule has 1 aliphatic rings. The van der Waals surface area contributed by atoms with Crippen LogP contribution in [0.4, 0.5) is 4.79 Å². The van der Waals surface area contributed by atoms with Crippen molar-refractivity contribution in [3.05, 3.63) is 0 Å². The summed E-state index contributed by atoms with van der Waals surface area (Å²) in [6.45, 7) is 9.66. The van der Waals surface area contributed by atoms with Crippen LogP contribution in [0.3, 0.4) is 0 Å². The van der Waals surface area contributed by atoms with E-state index in [1.54, 1.807) is 4.90 Å². The van der Waals surface area contributed by atoms with Crippen molar-refractivity contribution in [3.8, 4) is 0 Å². The molecule has 0 aliphatic carbocycles. The van der Waals surface area contributed by atoms with Gasteiger partial charge in [-0.1, -0.05) is 6.92 Å². The summed E-state index contributed by atoms with van der Waals surface area (Å²) in [5.74, 6) is 0.400. The van der Waals surface area contributed by atoms with Crippen molar-refractivity contribution in [2.45, 2.75) is 52.7 Å². The molecule has 0 aromatic heterocycles. The molecule has 0 spiro atoms. The third kappa shape index (κ3) is 3.22. The summed E-state index contributed by atoms with van der Waals surface area (Å²) in [6.07, 6.45) is 0.367. The smallest absolute Gasteiger partial charge is 0.410 e. The van der Waals surface area contributed by atoms with Crippen LogP contribution in [0.1, 0.15) is 41.0 Å². The third-order valence-electron chi connectivity index (χ3n) is 2.61. The molecule has 4 nitrogen and oxygen atoms in total. The Morgan fingerprint density at radius 1 is 1.31 bits per heavy atom. The zero-order valence-electron chi connectivity index (χ0n) is 10.7. The first-order valence-electron chi connectivity index (χ1n) is 5.71. The monoisotopic (exact) mass is 227 g/mol. The molecular formula is C12H21NO3. The molecule has 1 fully saturated rings. The summed E-state index contributed by atoms with van der Waals surface area (Å²) in [6, 6.07) is -0.301. The lowest BCUT2D eigenvalue weighted by atomic mass is 10.1. The number of hydrogen-bond donors (Lipinski definition) is 0. The van der Waals surface area contributed by atoms with Crippen LogP contribution in [0.15, 0.2) is 0 Å². The van der Waals surface area contributed by atoms with Crippen LogP contribution in [0.2, 0.25) is 0 Å². The number of ether oxygens (including phenoxy) is 1. The quantitative estimate of drug-likeness (QED) is 0.690. The van der Waals surface area contributed by atoms with Crippen LogP contribution in [0.5, 0.6) is 0 Å². The number of carbonyl (C=O) groups is 2. The Labute approximate surface area is 96.9 Å². The van der Waals surface area contributed by atoms with E-state index in [0.717, 1.165) is 6.42 Å². The molecule has 2 atom stereocenters. The van der Waals surface area contributed by atoms with Gasteiger partial charge in [-0.2, -0.15) is 0 Å². The second-order valence-corrected chi connectivity index (χ2v) is 5.60. The van der Waals surface area contributed by atoms with Crippen LogP contribution in [0.25, 0.3) is 0 Å². The summed E-state index contributed by atoms with van der Waals surface area (Å²) >= 11 is 0. The van der Waals surface area contributed by atoms with Gasteiger partial charge in [-0.05, 0) is 40.0 Å². The first-order chi connectivity index (χ1) is 7.20. The molecule has 1 rings (SSSR count). The molecule has 0 aromatic rings. The van der Waals surface area contributed by atoms with Gasteiger partial charge >= 0.3 is 6.09 Å². The van der Waals surface area contributed by atoms with Crippen molar-refractivity contribution < 1.29 is 14.3 Å². The van der Waals surface area contributed by atoms with Gasteiger partial charge in [0.2, 0.25) is 0 Å². The van der Waals surface area contributed by atoms with Crippen molar-refractivity contribution in [1.29, 1.82) is 0 Å². The van der Waals surface area contributed by atoms with E-state index in [-0.39, 0.29) is 17.9 Å². The average Bonchev–Trinajstić information content (AvgIpc) is 2.44. The van der Waals surface area contributed by atoms with E-state index in [9.17, 15) is 9.59 Å². The molecule has 1 amide bonds. The highest BCUT2D eigenvalue weighted by atomic mass is 16.6. The third-order valence-corrected chi connectivity index (χ3v) is 2.61. The molecule has 1 aliphatic heterocycles. The lowest BCUT2D eigenvalue weighted by Crippen LogP contribution is -2.42. The first-order valence-corrected chi connectivity index (χ1v) is 5.71. The Kier molecular flexibility index (Phi) is 3.61. The highest BCUT2D eigenvalue weighted by Crippen LogP contribution is 2.25. The molecule has 4 heteroatoms. The second kappa shape index (κ2) is 4.44. The SMILES string of the molecule is CC(=O)[C@@H]1C[C@@H](C)CN1C(=O)OC(C)(C)C. The van der Waals surface area contributed by atoms with E-state index in [1.165, 1.54) is 6.92 Å². The topological polar surface area (TPSA) is 46.6 Å². The van der Waals surface area contributed by atoms with E-state index in [2.05, 4.69) is 0 Å². The normalized spacial score (nSPS) is 25.7. The molecule has 0 unspecified atom stereocenters. The van der Waals surface area contributed by atoms with Crippen LogP contribution in [-0.2, 0) is 9.53 Å². The Bertz CT molecular complexity index is 293. The Balaban J connectivity index is 2.71. The number of nitrogens with zero attached hydrogens (tertiary/aromatic N) is 1. The molecule has 0 bridgehead atoms. The molecule has 16 heavy (non-hydrogen) atoms. The Morgan fingerprint density at radius 3 is 2.31 bits per heavy atom. The average molecular weight is 227 g/mol. The van der Waals surface area contributed by atoms with Crippen molar-refractivity contribution in [2.75, 3.05) is 6.54 Å². The van der Waals surface area contributed by atoms with Gasteiger partial charge in [-0.15, -0.1) is 0 Å². The lowest BCUT2D eigenvalue weighted by molar-refractivity contribution is -0.121. The highest BCUT2D eigenvalue weighted by molar-refractivity contribution is 5.86. The Hall–Kier alpha value is -1.06. The van der Waals surface area contributed by atoms with Crippen LogP contribution in [0, 0.1) is 5.92 Å². The minimum Gasteiger partial charge on any atom is -0.444 e. The molecule has 0 N–H and O–H groups in total. The second-order valence-electron chi connectivity index (χ2n) is 5.60. The molecule has 1 heterocycles. The zero-order valence-corrected chi connectivity index (χ0v) is 10.7. The summed E-state index contributed by atoms with van der Waals surface area (Å²) in [4.78, 5) is 24.8. The number of carbonyl (C=O) groups excluding carboxylic acids is 2. The molecule has 0 radical (unpaired) electrons. The maximum absolute atomic E-state index is 11.9. The van der Waals surface area contributed by atoms with Crippen molar-refractivity contribution in [1.82, 2.24) is 4.90 Å². The van der Waals surface area contributed by atoms with Gasteiger partial charge in [-0.25, -0.2) is 4.79 Å². The fourth-order valence-electron chi connectivity index (χ4n) is 1.95. The van der Waals surface area contributed by atoms with E-state index >= 15 is 0 Å². The molecule has 0 saturated carbocycles. The number of likely N-dealkylation sites (tertiary alicyclic amines) is 1. The van der Waals surface area contributed by atoms with Crippen molar-refractivity contribution in [2.24, 2.45) is 5.92 Å². The summed E-state index contributed by atoms with van der Waals surface area (Å²) in [7, 11) is 0. The predicted molar refractivity (Wildman–Crippen MR) is 61.2 cm³/mol. The number of ketones is 1. The lowest BCUT2D eigenvalue weighted by Gasteiger charge is -2.27. The van der Waals surface area contributed by atoms with Gasteiger partial charge in [0.15, 0.2) is 5.78 Å². The number of Topliss-reactive ketones (excluding diaryl/α,β-unsaturated/α-hetero) is 1. The van der Waals surface area contributed by atoms with Crippen LogP contribution >= 0.6 is 0 Å². The first kappa shape index (κ1) is 13.0. The van der Waals surface area contributed by atoms with Crippen molar-refractivity contribution >= 4 is 11.9 Å². The van der Waals surface area contributed by atoms with Gasteiger partial charge in [-0.3, -0.25) is 9.69 Å². The van der Waals surface area contributed by atoms with Gasteiger partial charge in [0.05, 0.1) is 6.04 Å². The molecule has 92 valence electrons. The van der Waals surface area contributed by atoms with E-state index in [1.807, 2.05) is 27.7 Å². The summed E-state index contributed by atoms with van der Waals surface area (Å²) < 4.78 is 5.29. The summed E-state index contributed by atoms with van der Waals surface area (Å²) in [5, 5.41) is 0. The minimum atomic E-state index is -0.510. The number of amides is 1. The van der Waals surface area contributed by atoms with Gasteiger partial charge < -0.3 is 4.74 Å². The maximum atomic E-state index is 11.9. The van der Waals surface area contributed by atoms with Crippen LogP contribution in [-0.4, -0.2) is 35.0 Å². The number of rotatable bonds is 1. The van der Waals surface area contributed by atoms with Crippen molar-refractivity contribution in [3.63, 3.8) is 0 Å². The van der Waals surface area contributed by atoms with E-state index in [4.69, 9.17) is 4.74 Å². The molecular weight excluding hydrogens is 206 g/mol. The molecule has 0 aromatic carbocycles. The fourth-order valence-corrected chi connectivity index (χ4v) is 1.95. The Morgan fingerprint density at radius 2 is 1.88 bits per heavy atom. The molecule has 1 saturated heterocycles. The predicted octanol–water partition coefficient (Wildman–Crippen LogP) is 2.22. The van der Waals surface area contributed by atoms with E-state index < -0.39 is 5.60 Å². The van der Waals surface area contributed by atoms with E-state index in [0.29, 0.717) is 12.5 Å². The van der Waals surface area contributed by atoms with Gasteiger partial charge in [0, 0.05) is 6.54 Å². The van der Waals surface area contributed by atoms with Gasteiger partial charge in [0.25, 0.3) is 0 Å². The number of hydrogen-bond acceptors (Lipinski definition) is 3. The largest absolute Gasteiger partial charge is 0.444 e. The fraction of sp³-hybridized carbons (Fsp3) is 0.833. The van der Waals surface area contributed by atoms with Gasteiger partial charge in [0.1, 0.15) is 5.60 Å². The maximum Gasteiger partial charge on any atom is 0.410 e. The minimum absolute atomic E-state index is 0.0372. The standard InChI is InChI=1S/C12H21NO3/c1-8-6-10(9(2)14)13(7-8)11(15)16-12(3,4)5/h8,10H,6-7H2,1-5H3/t8-,10+/m1/s1. The van der Waals surface area contributed by atoms with Crippen LogP contribution < -0.4 is 0 Å². The zero-order chi connectivity index (χ0) is 12.5. The highest BCUT2D eigenvalue weighted by Gasteiger charge is 2.37. The summed E-state index contributed by atoms with van der Waals surface area (Å²) in [5.41, 5.74) is -0.510.